The molecule has 0 spiro atoms. The molecule has 3 N–H and O–H groups in total. The summed E-state index contributed by atoms with van der Waals surface area (Å²) < 4.78 is 5.45. The molecule has 22 heavy (non-hydrogen) atoms. The van der Waals surface area contributed by atoms with E-state index >= 15 is 0 Å². The molecule has 1 heterocycles. The van der Waals surface area contributed by atoms with Crippen LogP contribution in [-0.2, 0) is 0 Å². The fraction of sp³-hybridized carbons (Fsp3) is 0.312. The minimum absolute atomic E-state index is 0.314. The van der Waals surface area contributed by atoms with E-state index in [1.165, 1.54) is 11.3 Å². The molecule has 5 nitrogen and oxygen atoms in total. The van der Waals surface area contributed by atoms with Gasteiger partial charge in [0.15, 0.2) is 0 Å². The monoisotopic (exact) mass is 320 g/mol. The van der Waals surface area contributed by atoms with Crippen LogP contribution in [0.2, 0.25) is 0 Å². The normalized spacial score (nSPS) is 11.7. The standard InChI is InChI=1S/C16H20N2O3S/c1-2-21-14-7-4-3-6-12(14)18-16(20)17-10-9-13(19)15-8-5-11-22-15/h3-8,11,13,19H,2,9-10H2,1H3,(H2,17,18,20). The predicted molar refractivity (Wildman–Crippen MR) is 88.5 cm³/mol. The zero-order valence-electron chi connectivity index (χ0n) is 12.4. The van der Waals surface area contributed by atoms with Crippen molar-refractivity contribution in [3.8, 4) is 5.75 Å². The Bertz CT molecular complexity index is 587. The van der Waals surface area contributed by atoms with E-state index in [1.807, 2.05) is 36.6 Å². The van der Waals surface area contributed by atoms with Gasteiger partial charge in [-0.05, 0) is 36.9 Å². The lowest BCUT2D eigenvalue weighted by Gasteiger charge is -2.13. The van der Waals surface area contributed by atoms with E-state index in [1.54, 1.807) is 12.1 Å². The Morgan fingerprint density at radius 3 is 2.86 bits per heavy atom. The molecule has 1 aromatic carbocycles. The first kappa shape index (κ1) is 16.3. The Morgan fingerprint density at radius 2 is 2.14 bits per heavy atom. The third-order valence-electron chi connectivity index (χ3n) is 3.01. The third-order valence-corrected chi connectivity index (χ3v) is 3.98. The molecular weight excluding hydrogens is 300 g/mol. The van der Waals surface area contributed by atoms with Crippen molar-refractivity contribution in [3.63, 3.8) is 0 Å². The van der Waals surface area contributed by atoms with Gasteiger partial charge in [0.25, 0.3) is 0 Å². The van der Waals surface area contributed by atoms with Crippen molar-refractivity contribution in [2.45, 2.75) is 19.4 Å². The van der Waals surface area contributed by atoms with E-state index in [9.17, 15) is 9.90 Å². The highest BCUT2D eigenvalue weighted by atomic mass is 32.1. The van der Waals surface area contributed by atoms with Crippen LogP contribution < -0.4 is 15.4 Å². The second-order valence-corrected chi connectivity index (χ2v) is 5.61. The van der Waals surface area contributed by atoms with Gasteiger partial charge in [0.1, 0.15) is 5.75 Å². The first-order valence-electron chi connectivity index (χ1n) is 7.19. The minimum atomic E-state index is -0.545. The van der Waals surface area contributed by atoms with E-state index in [4.69, 9.17) is 4.74 Å². The van der Waals surface area contributed by atoms with Crippen molar-refractivity contribution >= 4 is 23.1 Å². The summed E-state index contributed by atoms with van der Waals surface area (Å²) in [6.07, 6.45) is -0.0721. The number of thiophene rings is 1. The van der Waals surface area contributed by atoms with Crippen LogP contribution in [-0.4, -0.2) is 24.3 Å². The first-order valence-corrected chi connectivity index (χ1v) is 8.06. The smallest absolute Gasteiger partial charge is 0.319 e. The second kappa shape index (κ2) is 8.41. The van der Waals surface area contributed by atoms with Crippen LogP contribution in [0.25, 0.3) is 0 Å². The molecule has 2 rings (SSSR count). The summed E-state index contributed by atoms with van der Waals surface area (Å²) in [6.45, 7) is 2.82. The first-order chi connectivity index (χ1) is 10.7. The average molecular weight is 320 g/mol. The van der Waals surface area contributed by atoms with Gasteiger partial charge in [-0.2, -0.15) is 0 Å². The lowest BCUT2D eigenvalue weighted by atomic mass is 10.2. The zero-order valence-corrected chi connectivity index (χ0v) is 13.2. The number of amides is 2. The fourth-order valence-electron chi connectivity index (χ4n) is 1.96. The number of hydrogen-bond acceptors (Lipinski definition) is 4. The van der Waals surface area contributed by atoms with Gasteiger partial charge in [-0.1, -0.05) is 18.2 Å². The molecule has 0 saturated heterocycles. The Kier molecular flexibility index (Phi) is 6.24. The van der Waals surface area contributed by atoms with Crippen LogP contribution in [0.3, 0.4) is 0 Å². The number of urea groups is 1. The highest BCUT2D eigenvalue weighted by molar-refractivity contribution is 7.10. The van der Waals surface area contributed by atoms with Gasteiger partial charge in [0.05, 0.1) is 18.4 Å². The maximum Gasteiger partial charge on any atom is 0.319 e. The molecule has 0 aliphatic heterocycles. The molecule has 1 aromatic heterocycles. The number of hydrogen-bond donors (Lipinski definition) is 3. The van der Waals surface area contributed by atoms with Gasteiger partial charge in [-0.3, -0.25) is 0 Å². The number of aliphatic hydroxyl groups is 1. The van der Waals surface area contributed by atoms with Crippen LogP contribution in [0.5, 0.6) is 5.75 Å². The summed E-state index contributed by atoms with van der Waals surface area (Å²) in [4.78, 5) is 12.8. The second-order valence-electron chi connectivity index (χ2n) is 4.63. The molecule has 1 unspecified atom stereocenters. The lowest BCUT2D eigenvalue weighted by molar-refractivity contribution is 0.171. The largest absolute Gasteiger partial charge is 0.492 e. The molecule has 0 saturated carbocycles. The van der Waals surface area contributed by atoms with Crippen LogP contribution >= 0.6 is 11.3 Å². The van der Waals surface area contributed by atoms with Crippen LogP contribution in [0.1, 0.15) is 24.3 Å². The molecular formula is C16H20N2O3S. The van der Waals surface area contributed by atoms with Crippen LogP contribution in [0.4, 0.5) is 10.5 Å². The van der Waals surface area contributed by atoms with E-state index in [0.717, 1.165) is 4.88 Å². The quantitative estimate of drug-likeness (QED) is 0.732. The topological polar surface area (TPSA) is 70.6 Å². The summed E-state index contributed by atoms with van der Waals surface area (Å²) in [5, 5.41) is 17.3. The number of aliphatic hydroxyl groups excluding tert-OH is 1. The molecule has 2 aromatic rings. The number of nitrogens with one attached hydrogen (secondary N) is 2. The summed E-state index contributed by atoms with van der Waals surface area (Å²) in [5.41, 5.74) is 0.626. The van der Waals surface area contributed by atoms with E-state index < -0.39 is 6.10 Å². The summed E-state index contributed by atoms with van der Waals surface area (Å²) in [5.74, 6) is 0.638. The molecule has 6 heteroatoms. The van der Waals surface area contributed by atoms with Crippen molar-refractivity contribution in [2.24, 2.45) is 0 Å². The van der Waals surface area contributed by atoms with Crippen molar-refractivity contribution in [1.29, 1.82) is 0 Å². The van der Waals surface area contributed by atoms with Gasteiger partial charge in [0.2, 0.25) is 0 Å². The van der Waals surface area contributed by atoms with Gasteiger partial charge >= 0.3 is 6.03 Å². The summed E-state index contributed by atoms with van der Waals surface area (Å²) in [6, 6.07) is 10.7. The fourth-order valence-corrected chi connectivity index (χ4v) is 2.71. The Labute approximate surface area is 133 Å². The van der Waals surface area contributed by atoms with Crippen molar-refractivity contribution in [2.75, 3.05) is 18.5 Å². The lowest BCUT2D eigenvalue weighted by Crippen LogP contribution is -2.30. The van der Waals surface area contributed by atoms with E-state index in [2.05, 4.69) is 10.6 Å². The van der Waals surface area contributed by atoms with Crippen LogP contribution in [0.15, 0.2) is 41.8 Å². The van der Waals surface area contributed by atoms with Gasteiger partial charge < -0.3 is 20.5 Å². The zero-order chi connectivity index (χ0) is 15.8. The highest BCUT2D eigenvalue weighted by Gasteiger charge is 2.10. The maximum absolute atomic E-state index is 11.9. The molecule has 0 aliphatic carbocycles. The Hall–Kier alpha value is -2.05. The van der Waals surface area contributed by atoms with Gasteiger partial charge in [-0.25, -0.2) is 4.79 Å². The van der Waals surface area contributed by atoms with Gasteiger partial charge in [0, 0.05) is 11.4 Å². The molecule has 1 atom stereocenters. The average Bonchev–Trinajstić information content (AvgIpc) is 3.04. The number of benzene rings is 1. The molecule has 2 amide bonds. The minimum Gasteiger partial charge on any atom is -0.492 e. The Morgan fingerprint density at radius 1 is 1.32 bits per heavy atom. The van der Waals surface area contributed by atoms with Crippen LogP contribution in [0, 0.1) is 0 Å². The molecule has 0 bridgehead atoms. The van der Waals surface area contributed by atoms with Crippen molar-refractivity contribution in [1.82, 2.24) is 5.32 Å². The maximum atomic E-state index is 11.9. The van der Waals surface area contributed by atoms with Gasteiger partial charge in [-0.15, -0.1) is 11.3 Å². The number of anilines is 1. The third kappa shape index (κ3) is 4.75. The highest BCUT2D eigenvalue weighted by Crippen LogP contribution is 2.23. The van der Waals surface area contributed by atoms with Crippen molar-refractivity contribution < 1.29 is 14.6 Å². The number of para-hydroxylation sites is 2. The Balaban J connectivity index is 1.78. The number of rotatable bonds is 7. The predicted octanol–water partition coefficient (Wildman–Crippen LogP) is 3.39. The van der Waals surface area contributed by atoms with E-state index in [0.29, 0.717) is 31.0 Å². The number of carbonyl (C=O) groups is 1. The molecule has 0 fully saturated rings. The van der Waals surface area contributed by atoms with Crippen molar-refractivity contribution in [3.05, 3.63) is 46.7 Å². The molecule has 0 radical (unpaired) electrons. The molecule has 118 valence electrons. The number of carbonyl (C=O) groups excluding carboxylic acids is 1. The molecule has 0 aliphatic rings. The summed E-state index contributed by atoms with van der Waals surface area (Å²) >= 11 is 1.51. The SMILES string of the molecule is CCOc1ccccc1NC(=O)NCCC(O)c1cccs1. The number of ether oxygens (including phenoxy) is 1. The summed E-state index contributed by atoms with van der Waals surface area (Å²) in [7, 11) is 0. The van der Waals surface area contributed by atoms with E-state index in [-0.39, 0.29) is 6.03 Å².